The van der Waals surface area contributed by atoms with Gasteiger partial charge in [0.2, 0.25) is 5.91 Å². The van der Waals surface area contributed by atoms with Gasteiger partial charge < -0.3 is 24.7 Å². The number of hydrogen-bond acceptors (Lipinski definition) is 5. The van der Waals surface area contributed by atoms with E-state index in [1.807, 2.05) is 36.7 Å². The Balaban J connectivity index is 1.55. The third-order valence-electron chi connectivity index (χ3n) is 4.17. The highest BCUT2D eigenvalue weighted by Gasteiger charge is 2.13. The van der Waals surface area contributed by atoms with Crippen molar-refractivity contribution in [2.45, 2.75) is 13.8 Å². The summed E-state index contributed by atoms with van der Waals surface area (Å²) < 4.78 is 12.9. The number of nitrogens with one attached hydrogen (secondary N) is 2. The third kappa shape index (κ3) is 5.38. The van der Waals surface area contributed by atoms with Crippen molar-refractivity contribution >= 4 is 17.5 Å². The molecule has 0 unspecified atom stereocenters. The van der Waals surface area contributed by atoms with Gasteiger partial charge in [0.05, 0.1) is 26.1 Å². The van der Waals surface area contributed by atoms with Crippen LogP contribution < -0.4 is 20.1 Å². The molecular weight excluding hydrogens is 384 g/mol. The Morgan fingerprint density at radius 1 is 1.00 bits per heavy atom. The number of carbonyl (C=O) groups excluding carboxylic acids is 2. The van der Waals surface area contributed by atoms with Crippen molar-refractivity contribution in [1.29, 1.82) is 0 Å². The summed E-state index contributed by atoms with van der Waals surface area (Å²) in [6.45, 7) is 4.52. The van der Waals surface area contributed by atoms with Gasteiger partial charge in [0.15, 0.2) is 11.5 Å². The van der Waals surface area contributed by atoms with Crippen LogP contribution in [-0.2, 0) is 4.79 Å². The molecule has 8 nitrogen and oxygen atoms in total. The molecule has 3 rings (SSSR count). The van der Waals surface area contributed by atoms with Crippen LogP contribution in [0.4, 0.5) is 5.69 Å². The second-order valence-corrected chi connectivity index (χ2v) is 6.28. The van der Waals surface area contributed by atoms with Crippen molar-refractivity contribution in [1.82, 2.24) is 14.9 Å². The van der Waals surface area contributed by atoms with Gasteiger partial charge in [-0.2, -0.15) is 0 Å². The van der Waals surface area contributed by atoms with Gasteiger partial charge in [-0.15, -0.1) is 0 Å². The molecule has 3 aromatic rings. The van der Waals surface area contributed by atoms with E-state index in [2.05, 4.69) is 15.6 Å². The molecule has 0 aliphatic carbocycles. The predicted molar refractivity (Wildman–Crippen MR) is 113 cm³/mol. The molecule has 0 fully saturated rings. The second kappa shape index (κ2) is 10.1. The third-order valence-corrected chi connectivity index (χ3v) is 4.17. The number of nitrogens with zero attached hydrogens (tertiary/aromatic N) is 2. The smallest absolute Gasteiger partial charge is 0.251 e. The molecule has 2 N–H and O–H groups in total. The summed E-state index contributed by atoms with van der Waals surface area (Å²) in [5.41, 5.74) is 1.96. The van der Waals surface area contributed by atoms with Gasteiger partial charge in [0.25, 0.3) is 5.91 Å². The molecule has 2 aromatic carbocycles. The first kappa shape index (κ1) is 20.9. The number of carbonyl (C=O) groups is 2. The SMILES string of the molecule is CCOc1ccc(C(=O)NCC(=O)Nc2ccc(-n3ccnc3)cc2)cc1OCC. The summed E-state index contributed by atoms with van der Waals surface area (Å²) in [5.74, 6) is 0.376. The minimum Gasteiger partial charge on any atom is -0.490 e. The lowest BCUT2D eigenvalue weighted by Gasteiger charge is -2.12. The van der Waals surface area contributed by atoms with Crippen LogP contribution in [0.15, 0.2) is 61.2 Å². The van der Waals surface area contributed by atoms with Crippen molar-refractivity contribution in [3.63, 3.8) is 0 Å². The van der Waals surface area contributed by atoms with E-state index in [1.54, 1.807) is 42.9 Å². The predicted octanol–water partition coefficient (Wildman–Crippen LogP) is 3.04. The van der Waals surface area contributed by atoms with Gasteiger partial charge in [-0.3, -0.25) is 9.59 Å². The van der Waals surface area contributed by atoms with E-state index in [4.69, 9.17) is 9.47 Å². The van der Waals surface area contributed by atoms with Gasteiger partial charge in [0.1, 0.15) is 0 Å². The van der Waals surface area contributed by atoms with Crippen LogP contribution in [-0.4, -0.2) is 41.1 Å². The highest BCUT2D eigenvalue weighted by molar-refractivity contribution is 5.99. The van der Waals surface area contributed by atoms with E-state index in [9.17, 15) is 9.59 Å². The van der Waals surface area contributed by atoms with E-state index < -0.39 is 0 Å². The summed E-state index contributed by atoms with van der Waals surface area (Å²) in [6, 6.07) is 12.2. The fraction of sp³-hybridized carbons (Fsp3) is 0.227. The Morgan fingerprint density at radius 3 is 2.40 bits per heavy atom. The number of anilines is 1. The second-order valence-electron chi connectivity index (χ2n) is 6.28. The average Bonchev–Trinajstić information content (AvgIpc) is 3.29. The van der Waals surface area contributed by atoms with E-state index >= 15 is 0 Å². The van der Waals surface area contributed by atoms with Crippen LogP contribution >= 0.6 is 0 Å². The van der Waals surface area contributed by atoms with Gasteiger partial charge in [0, 0.05) is 29.3 Å². The van der Waals surface area contributed by atoms with Crippen LogP contribution in [0.2, 0.25) is 0 Å². The maximum atomic E-state index is 12.4. The molecular formula is C22H24N4O4. The molecule has 0 saturated heterocycles. The molecule has 0 atom stereocenters. The molecule has 0 bridgehead atoms. The molecule has 1 aromatic heterocycles. The van der Waals surface area contributed by atoms with E-state index in [0.29, 0.717) is 36.0 Å². The first-order chi connectivity index (χ1) is 14.6. The van der Waals surface area contributed by atoms with Crippen molar-refractivity contribution in [3.05, 3.63) is 66.7 Å². The Bertz CT molecular complexity index is 985. The molecule has 8 heteroatoms. The molecule has 0 aliphatic rings. The van der Waals surface area contributed by atoms with Gasteiger partial charge in [-0.05, 0) is 56.3 Å². The Kier molecular flexibility index (Phi) is 7.05. The maximum absolute atomic E-state index is 12.4. The van der Waals surface area contributed by atoms with Crippen LogP contribution in [0.5, 0.6) is 11.5 Å². The molecule has 0 aliphatic heterocycles. The first-order valence-electron chi connectivity index (χ1n) is 9.66. The van der Waals surface area contributed by atoms with Crippen molar-refractivity contribution in [2.24, 2.45) is 0 Å². The number of rotatable bonds is 9. The number of amides is 2. The Labute approximate surface area is 174 Å². The number of hydrogen-bond donors (Lipinski definition) is 2. The van der Waals surface area contributed by atoms with E-state index in [-0.39, 0.29) is 18.4 Å². The Hall–Kier alpha value is -3.81. The number of aromatic nitrogens is 2. The number of imidazole rings is 1. The summed E-state index contributed by atoms with van der Waals surface area (Å²) in [5, 5.41) is 5.37. The van der Waals surface area contributed by atoms with Crippen LogP contribution in [0.1, 0.15) is 24.2 Å². The van der Waals surface area contributed by atoms with Crippen LogP contribution in [0, 0.1) is 0 Å². The standard InChI is InChI=1S/C22H24N4O4/c1-3-29-19-10-5-16(13-20(19)30-4-2)22(28)24-14-21(27)25-17-6-8-18(9-7-17)26-12-11-23-15-26/h5-13,15H,3-4,14H2,1-2H3,(H,24,28)(H,25,27). The normalized spacial score (nSPS) is 10.3. The summed E-state index contributed by atoms with van der Waals surface area (Å²) >= 11 is 0. The van der Waals surface area contributed by atoms with Gasteiger partial charge >= 0.3 is 0 Å². The summed E-state index contributed by atoms with van der Waals surface area (Å²) in [6.07, 6.45) is 5.22. The fourth-order valence-corrected chi connectivity index (χ4v) is 2.79. The lowest BCUT2D eigenvalue weighted by molar-refractivity contribution is -0.115. The minimum atomic E-state index is -0.371. The van der Waals surface area contributed by atoms with Crippen molar-refractivity contribution < 1.29 is 19.1 Å². The zero-order valence-corrected chi connectivity index (χ0v) is 16.9. The summed E-state index contributed by atoms with van der Waals surface area (Å²) in [4.78, 5) is 28.6. The van der Waals surface area contributed by atoms with E-state index in [0.717, 1.165) is 5.69 Å². The number of benzene rings is 2. The van der Waals surface area contributed by atoms with Gasteiger partial charge in [-0.1, -0.05) is 0 Å². The number of ether oxygens (including phenoxy) is 2. The lowest BCUT2D eigenvalue weighted by Crippen LogP contribution is -2.32. The zero-order chi connectivity index (χ0) is 21.3. The molecule has 0 radical (unpaired) electrons. The quantitative estimate of drug-likeness (QED) is 0.568. The molecule has 2 amide bonds. The minimum absolute atomic E-state index is 0.153. The van der Waals surface area contributed by atoms with E-state index in [1.165, 1.54) is 0 Å². The van der Waals surface area contributed by atoms with Crippen molar-refractivity contribution in [3.8, 4) is 17.2 Å². The fourth-order valence-electron chi connectivity index (χ4n) is 2.79. The molecule has 0 saturated carbocycles. The topological polar surface area (TPSA) is 94.5 Å². The highest BCUT2D eigenvalue weighted by Crippen LogP contribution is 2.28. The molecule has 0 spiro atoms. The molecule has 30 heavy (non-hydrogen) atoms. The monoisotopic (exact) mass is 408 g/mol. The highest BCUT2D eigenvalue weighted by atomic mass is 16.5. The molecule has 156 valence electrons. The Morgan fingerprint density at radius 2 is 1.73 bits per heavy atom. The maximum Gasteiger partial charge on any atom is 0.251 e. The van der Waals surface area contributed by atoms with Gasteiger partial charge in [-0.25, -0.2) is 4.98 Å². The molecule has 1 heterocycles. The summed E-state index contributed by atoms with van der Waals surface area (Å²) in [7, 11) is 0. The largest absolute Gasteiger partial charge is 0.490 e. The van der Waals surface area contributed by atoms with Crippen molar-refractivity contribution in [2.75, 3.05) is 25.1 Å². The van der Waals surface area contributed by atoms with Crippen LogP contribution in [0.25, 0.3) is 5.69 Å². The average molecular weight is 408 g/mol. The zero-order valence-electron chi connectivity index (χ0n) is 16.9. The lowest BCUT2D eigenvalue weighted by atomic mass is 10.2. The first-order valence-corrected chi connectivity index (χ1v) is 9.66. The van der Waals surface area contributed by atoms with Crippen LogP contribution in [0.3, 0.4) is 0 Å².